The summed E-state index contributed by atoms with van der Waals surface area (Å²) in [5.41, 5.74) is 5.94. The molecule has 28 heavy (non-hydrogen) atoms. The molecule has 1 aliphatic heterocycles. The summed E-state index contributed by atoms with van der Waals surface area (Å²) < 4.78 is 12.9. The van der Waals surface area contributed by atoms with Crippen LogP contribution in [0.1, 0.15) is 5.56 Å². The van der Waals surface area contributed by atoms with Gasteiger partial charge < -0.3 is 15.2 Å². The van der Waals surface area contributed by atoms with Gasteiger partial charge in [-0.25, -0.2) is 14.2 Å². The SMILES string of the molecule is O=C(Nc1ccc(F)cc1)NN1CCN(CCc2c[nH]c3ccccc23)CC1. The summed E-state index contributed by atoms with van der Waals surface area (Å²) >= 11 is 0. The molecule has 3 aromatic rings. The molecule has 2 amide bonds. The molecule has 4 rings (SSSR count). The Kier molecular flexibility index (Phi) is 5.55. The highest BCUT2D eigenvalue weighted by Crippen LogP contribution is 2.18. The molecule has 1 aromatic heterocycles. The van der Waals surface area contributed by atoms with Gasteiger partial charge in [-0.15, -0.1) is 0 Å². The molecule has 6 nitrogen and oxygen atoms in total. The highest BCUT2D eigenvalue weighted by Gasteiger charge is 2.18. The lowest BCUT2D eigenvalue weighted by atomic mass is 10.1. The monoisotopic (exact) mass is 381 g/mol. The lowest BCUT2D eigenvalue weighted by molar-refractivity contribution is 0.102. The zero-order chi connectivity index (χ0) is 19.3. The van der Waals surface area contributed by atoms with E-state index in [1.54, 1.807) is 0 Å². The smallest absolute Gasteiger partial charge is 0.333 e. The maximum Gasteiger partial charge on any atom is 0.333 e. The molecule has 0 bridgehead atoms. The van der Waals surface area contributed by atoms with Crippen LogP contribution in [0.15, 0.2) is 54.7 Å². The molecule has 0 unspecified atom stereocenters. The maximum absolute atomic E-state index is 12.9. The number of hydrogen-bond acceptors (Lipinski definition) is 3. The second-order valence-corrected chi connectivity index (χ2v) is 7.01. The summed E-state index contributed by atoms with van der Waals surface area (Å²) in [5, 5.41) is 5.92. The summed E-state index contributed by atoms with van der Waals surface area (Å²) in [5.74, 6) is -0.324. The molecule has 0 aliphatic carbocycles. The Labute approximate surface area is 163 Å². The molecule has 0 atom stereocenters. The number of nitrogens with one attached hydrogen (secondary N) is 3. The van der Waals surface area contributed by atoms with Crippen molar-refractivity contribution in [2.24, 2.45) is 0 Å². The first kappa shape index (κ1) is 18.5. The summed E-state index contributed by atoms with van der Waals surface area (Å²) in [6.07, 6.45) is 3.10. The van der Waals surface area contributed by atoms with E-state index in [4.69, 9.17) is 0 Å². The van der Waals surface area contributed by atoms with Crippen LogP contribution in [-0.2, 0) is 6.42 Å². The van der Waals surface area contributed by atoms with E-state index < -0.39 is 0 Å². The Balaban J connectivity index is 1.21. The van der Waals surface area contributed by atoms with E-state index in [1.807, 2.05) is 11.1 Å². The van der Waals surface area contributed by atoms with Crippen molar-refractivity contribution in [3.63, 3.8) is 0 Å². The molecular weight excluding hydrogens is 357 g/mol. The molecule has 2 aromatic carbocycles. The Morgan fingerprint density at radius 3 is 2.57 bits per heavy atom. The maximum atomic E-state index is 12.9. The van der Waals surface area contributed by atoms with Crippen molar-refractivity contribution >= 4 is 22.6 Å². The van der Waals surface area contributed by atoms with Gasteiger partial charge in [0.15, 0.2) is 0 Å². The highest BCUT2D eigenvalue weighted by atomic mass is 19.1. The van der Waals surface area contributed by atoms with Gasteiger partial charge in [0.1, 0.15) is 5.82 Å². The standard InChI is InChI=1S/C21H24FN5O/c22-17-5-7-18(8-6-17)24-21(28)25-27-13-11-26(12-14-27)10-9-16-15-23-20-4-2-1-3-19(16)20/h1-8,15,23H,9-14H2,(H2,24,25,28). The molecule has 1 aliphatic rings. The molecule has 146 valence electrons. The van der Waals surface area contributed by atoms with Crippen LogP contribution in [0.2, 0.25) is 0 Å². The van der Waals surface area contributed by atoms with Crippen LogP contribution in [0.5, 0.6) is 0 Å². The molecule has 2 heterocycles. The zero-order valence-electron chi connectivity index (χ0n) is 15.6. The quantitative estimate of drug-likeness (QED) is 0.636. The molecule has 1 fully saturated rings. The minimum Gasteiger partial charge on any atom is -0.361 e. The van der Waals surface area contributed by atoms with E-state index in [1.165, 1.54) is 40.7 Å². The fraction of sp³-hybridized carbons (Fsp3) is 0.286. The van der Waals surface area contributed by atoms with Crippen molar-refractivity contribution in [2.75, 3.05) is 38.0 Å². The number of rotatable bonds is 5. The molecule has 0 radical (unpaired) electrons. The number of hydrazine groups is 1. The number of fused-ring (bicyclic) bond motifs is 1. The number of aromatic nitrogens is 1. The molecule has 0 spiro atoms. The normalized spacial score (nSPS) is 15.6. The number of nitrogens with zero attached hydrogens (tertiary/aromatic N) is 2. The Morgan fingerprint density at radius 1 is 1.04 bits per heavy atom. The van der Waals surface area contributed by atoms with E-state index in [0.717, 1.165) is 39.1 Å². The number of carbonyl (C=O) groups is 1. The number of benzene rings is 2. The predicted octanol–water partition coefficient (Wildman–Crippen LogP) is 3.20. The predicted molar refractivity (Wildman–Crippen MR) is 109 cm³/mol. The van der Waals surface area contributed by atoms with Gasteiger partial charge in [0.25, 0.3) is 0 Å². The van der Waals surface area contributed by atoms with Crippen LogP contribution in [0.3, 0.4) is 0 Å². The average Bonchev–Trinajstić information content (AvgIpc) is 3.12. The third-order valence-corrected chi connectivity index (χ3v) is 5.11. The van der Waals surface area contributed by atoms with Gasteiger partial charge in [-0.05, 0) is 42.3 Å². The summed E-state index contributed by atoms with van der Waals surface area (Å²) in [6.45, 7) is 4.34. The second-order valence-electron chi connectivity index (χ2n) is 7.01. The Bertz CT molecular complexity index is 931. The van der Waals surface area contributed by atoms with Crippen LogP contribution < -0.4 is 10.7 Å². The Morgan fingerprint density at radius 2 is 1.79 bits per heavy atom. The fourth-order valence-electron chi connectivity index (χ4n) is 3.54. The first-order valence-electron chi connectivity index (χ1n) is 9.53. The number of anilines is 1. The van der Waals surface area contributed by atoms with E-state index in [0.29, 0.717) is 5.69 Å². The first-order valence-corrected chi connectivity index (χ1v) is 9.53. The van der Waals surface area contributed by atoms with Gasteiger partial charge in [0.05, 0.1) is 0 Å². The van der Waals surface area contributed by atoms with Crippen LogP contribution in [0, 0.1) is 5.82 Å². The highest BCUT2D eigenvalue weighted by molar-refractivity contribution is 5.88. The number of urea groups is 1. The van der Waals surface area contributed by atoms with Gasteiger partial charge in [0, 0.05) is 55.5 Å². The van der Waals surface area contributed by atoms with Crippen LogP contribution >= 0.6 is 0 Å². The number of amides is 2. The zero-order valence-corrected chi connectivity index (χ0v) is 15.6. The average molecular weight is 381 g/mol. The van der Waals surface area contributed by atoms with E-state index in [9.17, 15) is 9.18 Å². The Hall–Kier alpha value is -2.90. The van der Waals surface area contributed by atoms with Gasteiger partial charge in [0.2, 0.25) is 0 Å². The summed E-state index contributed by atoms with van der Waals surface area (Å²) in [4.78, 5) is 17.8. The van der Waals surface area contributed by atoms with Gasteiger partial charge >= 0.3 is 6.03 Å². The van der Waals surface area contributed by atoms with Crippen molar-refractivity contribution in [1.29, 1.82) is 0 Å². The van der Waals surface area contributed by atoms with E-state index in [2.05, 4.69) is 45.0 Å². The van der Waals surface area contributed by atoms with E-state index in [-0.39, 0.29) is 11.8 Å². The van der Waals surface area contributed by atoms with Crippen molar-refractivity contribution in [2.45, 2.75) is 6.42 Å². The molecule has 1 saturated heterocycles. The fourth-order valence-corrected chi connectivity index (χ4v) is 3.54. The number of H-pyrrole nitrogens is 1. The number of halogens is 1. The number of piperazine rings is 1. The molecule has 3 N–H and O–H groups in total. The number of carbonyl (C=O) groups excluding carboxylic acids is 1. The summed E-state index contributed by atoms with van der Waals surface area (Å²) in [6, 6.07) is 13.8. The number of hydrogen-bond donors (Lipinski definition) is 3. The lowest BCUT2D eigenvalue weighted by Crippen LogP contribution is -2.54. The van der Waals surface area contributed by atoms with E-state index >= 15 is 0 Å². The number of aromatic amines is 1. The molecule has 0 saturated carbocycles. The topological polar surface area (TPSA) is 63.4 Å². The summed E-state index contributed by atoms with van der Waals surface area (Å²) in [7, 11) is 0. The van der Waals surface area contributed by atoms with Crippen LogP contribution in [0.25, 0.3) is 10.9 Å². The lowest BCUT2D eigenvalue weighted by Gasteiger charge is -2.34. The first-order chi connectivity index (χ1) is 13.7. The van der Waals surface area contributed by atoms with Gasteiger partial charge in [-0.3, -0.25) is 5.43 Å². The molecule has 7 heteroatoms. The third-order valence-electron chi connectivity index (χ3n) is 5.11. The number of para-hydroxylation sites is 1. The van der Waals surface area contributed by atoms with Gasteiger partial charge in [-0.2, -0.15) is 0 Å². The third kappa shape index (κ3) is 4.49. The van der Waals surface area contributed by atoms with Gasteiger partial charge in [-0.1, -0.05) is 18.2 Å². The van der Waals surface area contributed by atoms with Crippen LogP contribution in [-0.4, -0.2) is 53.6 Å². The second kappa shape index (κ2) is 8.41. The minimum absolute atomic E-state index is 0.307. The van der Waals surface area contributed by atoms with Crippen molar-refractivity contribution < 1.29 is 9.18 Å². The van der Waals surface area contributed by atoms with Crippen LogP contribution in [0.4, 0.5) is 14.9 Å². The van der Waals surface area contributed by atoms with Crippen molar-refractivity contribution in [3.05, 3.63) is 66.1 Å². The minimum atomic E-state index is -0.324. The van der Waals surface area contributed by atoms with Crippen molar-refractivity contribution in [3.8, 4) is 0 Å². The largest absolute Gasteiger partial charge is 0.361 e. The van der Waals surface area contributed by atoms with Crippen molar-refractivity contribution in [1.82, 2.24) is 20.3 Å². The molecular formula is C21H24FN5O.